The van der Waals surface area contributed by atoms with Crippen molar-refractivity contribution in [3.8, 4) is 0 Å². The first kappa shape index (κ1) is 14.8. The van der Waals surface area contributed by atoms with Crippen LogP contribution in [0.4, 0.5) is 4.79 Å². The smallest absolute Gasteiger partial charge is 0.318 e. The molecule has 0 bridgehead atoms. The summed E-state index contributed by atoms with van der Waals surface area (Å²) >= 11 is 0. The topological polar surface area (TPSA) is 58.1 Å². The van der Waals surface area contributed by atoms with E-state index in [1.54, 1.807) is 6.20 Å². The molecule has 2 amide bonds. The minimum Gasteiger partial charge on any atom is -0.332 e. The van der Waals surface area contributed by atoms with Gasteiger partial charge >= 0.3 is 6.03 Å². The highest BCUT2D eigenvalue weighted by Gasteiger charge is 2.36. The molecule has 1 aliphatic carbocycles. The van der Waals surface area contributed by atoms with Gasteiger partial charge in [0.05, 0.1) is 12.2 Å². The van der Waals surface area contributed by atoms with E-state index in [2.05, 4.69) is 36.1 Å². The van der Waals surface area contributed by atoms with Crippen LogP contribution in [0.1, 0.15) is 45.1 Å². The minimum absolute atomic E-state index is 0.0185. The molecule has 1 N–H and O–H groups in total. The van der Waals surface area contributed by atoms with E-state index in [9.17, 15) is 4.79 Å². The molecule has 1 aliphatic rings. The maximum atomic E-state index is 12.4. The number of carbonyl (C=O) groups excluding carboxylic acids is 1. The van der Waals surface area contributed by atoms with Gasteiger partial charge in [-0.1, -0.05) is 13.8 Å². The summed E-state index contributed by atoms with van der Waals surface area (Å²) in [6, 6.07) is 2.53. The number of rotatable bonds is 5. The lowest BCUT2D eigenvalue weighted by atomic mass is 10.0. The number of urea groups is 1. The Bertz CT molecular complexity index is 471. The molecular formula is C15H24N4O. The number of nitrogens with zero attached hydrogens (tertiary/aromatic N) is 3. The molecule has 1 atom stereocenters. The Morgan fingerprint density at radius 2 is 2.15 bits per heavy atom. The van der Waals surface area contributed by atoms with Gasteiger partial charge in [-0.3, -0.25) is 0 Å². The molecule has 5 nitrogen and oxygen atoms in total. The lowest BCUT2D eigenvalue weighted by molar-refractivity contribution is 0.156. The average Bonchev–Trinajstić information content (AvgIpc) is 3.21. The largest absolute Gasteiger partial charge is 0.332 e. The molecule has 0 saturated heterocycles. The van der Waals surface area contributed by atoms with Crippen LogP contribution in [-0.2, 0) is 6.54 Å². The van der Waals surface area contributed by atoms with Crippen molar-refractivity contribution in [2.45, 2.75) is 59.2 Å². The van der Waals surface area contributed by atoms with E-state index in [1.165, 1.54) is 0 Å². The molecule has 0 spiro atoms. The van der Waals surface area contributed by atoms with Crippen molar-refractivity contribution in [3.05, 3.63) is 23.8 Å². The van der Waals surface area contributed by atoms with Gasteiger partial charge in [0.1, 0.15) is 5.82 Å². The van der Waals surface area contributed by atoms with Crippen molar-refractivity contribution in [2.75, 3.05) is 0 Å². The third-order valence-electron chi connectivity index (χ3n) is 3.83. The van der Waals surface area contributed by atoms with E-state index < -0.39 is 0 Å². The van der Waals surface area contributed by atoms with Crippen LogP contribution in [0.25, 0.3) is 0 Å². The Morgan fingerprint density at radius 3 is 2.70 bits per heavy atom. The maximum Gasteiger partial charge on any atom is 0.318 e. The molecule has 1 fully saturated rings. The number of amides is 2. The summed E-state index contributed by atoms with van der Waals surface area (Å²) in [5.41, 5.74) is 0.846. The second-order valence-corrected chi connectivity index (χ2v) is 5.88. The fourth-order valence-electron chi connectivity index (χ4n) is 2.22. The second-order valence-electron chi connectivity index (χ2n) is 5.88. The number of hydrogen-bond donors (Lipinski definition) is 1. The first-order chi connectivity index (χ1) is 9.49. The van der Waals surface area contributed by atoms with E-state index in [0.717, 1.165) is 24.4 Å². The Labute approximate surface area is 120 Å². The van der Waals surface area contributed by atoms with Crippen molar-refractivity contribution in [1.82, 2.24) is 20.2 Å². The van der Waals surface area contributed by atoms with Gasteiger partial charge in [-0.25, -0.2) is 14.8 Å². The molecule has 1 saturated carbocycles. The van der Waals surface area contributed by atoms with Gasteiger partial charge in [-0.2, -0.15) is 0 Å². The first-order valence-electron chi connectivity index (χ1n) is 7.33. The zero-order chi connectivity index (χ0) is 14.7. The van der Waals surface area contributed by atoms with Crippen molar-refractivity contribution >= 4 is 6.03 Å². The molecule has 0 aromatic carbocycles. The van der Waals surface area contributed by atoms with E-state index in [0.29, 0.717) is 18.5 Å². The van der Waals surface area contributed by atoms with E-state index >= 15 is 0 Å². The van der Waals surface area contributed by atoms with Gasteiger partial charge in [0.25, 0.3) is 0 Å². The van der Waals surface area contributed by atoms with Crippen LogP contribution in [0.2, 0.25) is 0 Å². The Morgan fingerprint density at radius 1 is 1.45 bits per heavy atom. The fraction of sp³-hybridized carbons (Fsp3) is 0.667. The Hall–Kier alpha value is -1.65. The molecule has 1 aromatic rings. The van der Waals surface area contributed by atoms with Crippen LogP contribution in [0.15, 0.2) is 12.3 Å². The summed E-state index contributed by atoms with van der Waals surface area (Å²) in [4.78, 5) is 22.8. The second kappa shape index (κ2) is 6.20. The summed E-state index contributed by atoms with van der Waals surface area (Å²) in [5.74, 6) is 1.19. The number of aryl methyl sites for hydroxylation is 1. The molecule has 5 heteroatoms. The average molecular weight is 276 g/mol. The summed E-state index contributed by atoms with van der Waals surface area (Å²) < 4.78 is 0. The van der Waals surface area contributed by atoms with Gasteiger partial charge in [0.15, 0.2) is 0 Å². The molecule has 110 valence electrons. The molecule has 2 rings (SSSR count). The van der Waals surface area contributed by atoms with Crippen molar-refractivity contribution in [3.63, 3.8) is 0 Å². The quantitative estimate of drug-likeness (QED) is 0.899. The molecule has 1 aromatic heterocycles. The lowest BCUT2D eigenvalue weighted by Crippen LogP contribution is -2.48. The summed E-state index contributed by atoms with van der Waals surface area (Å²) in [6.07, 6.45) is 3.97. The summed E-state index contributed by atoms with van der Waals surface area (Å²) in [7, 11) is 0. The Kier molecular flexibility index (Phi) is 4.57. The monoisotopic (exact) mass is 276 g/mol. The van der Waals surface area contributed by atoms with Crippen LogP contribution >= 0.6 is 0 Å². The molecule has 0 aliphatic heterocycles. The van der Waals surface area contributed by atoms with Gasteiger partial charge < -0.3 is 10.2 Å². The van der Waals surface area contributed by atoms with Gasteiger partial charge in [0, 0.05) is 18.3 Å². The zero-order valence-electron chi connectivity index (χ0n) is 12.8. The highest BCUT2D eigenvalue weighted by atomic mass is 16.2. The minimum atomic E-state index is 0.0185. The lowest BCUT2D eigenvalue weighted by Gasteiger charge is -2.32. The highest BCUT2D eigenvalue weighted by molar-refractivity contribution is 5.75. The van der Waals surface area contributed by atoms with Crippen molar-refractivity contribution < 1.29 is 4.79 Å². The van der Waals surface area contributed by atoms with Gasteiger partial charge in [-0.05, 0) is 38.7 Å². The zero-order valence-corrected chi connectivity index (χ0v) is 12.8. The highest BCUT2D eigenvalue weighted by Crippen LogP contribution is 2.30. The fourth-order valence-corrected chi connectivity index (χ4v) is 2.22. The van der Waals surface area contributed by atoms with Gasteiger partial charge in [0.2, 0.25) is 0 Å². The predicted octanol–water partition coefficient (Wildman–Crippen LogP) is 2.50. The first-order valence-corrected chi connectivity index (χ1v) is 7.33. The van der Waals surface area contributed by atoms with E-state index in [-0.39, 0.29) is 12.1 Å². The third kappa shape index (κ3) is 3.68. The molecular weight excluding hydrogens is 252 g/mol. The molecule has 1 heterocycles. The van der Waals surface area contributed by atoms with E-state index in [1.807, 2.05) is 17.9 Å². The predicted molar refractivity (Wildman–Crippen MR) is 78.2 cm³/mol. The third-order valence-corrected chi connectivity index (χ3v) is 3.83. The van der Waals surface area contributed by atoms with E-state index in [4.69, 9.17) is 0 Å². The maximum absolute atomic E-state index is 12.4. The van der Waals surface area contributed by atoms with Crippen LogP contribution in [0.3, 0.4) is 0 Å². The number of nitrogens with one attached hydrogen (secondary N) is 1. The van der Waals surface area contributed by atoms with Crippen LogP contribution < -0.4 is 5.32 Å². The summed E-state index contributed by atoms with van der Waals surface area (Å²) in [5, 5.41) is 2.98. The van der Waals surface area contributed by atoms with Gasteiger partial charge in [-0.15, -0.1) is 0 Å². The van der Waals surface area contributed by atoms with Crippen molar-refractivity contribution in [1.29, 1.82) is 0 Å². The van der Waals surface area contributed by atoms with Crippen LogP contribution in [0, 0.1) is 12.8 Å². The number of hydrogen-bond acceptors (Lipinski definition) is 3. The van der Waals surface area contributed by atoms with Crippen molar-refractivity contribution in [2.24, 2.45) is 5.92 Å². The van der Waals surface area contributed by atoms with Crippen LogP contribution in [-0.4, -0.2) is 33.0 Å². The molecule has 20 heavy (non-hydrogen) atoms. The molecule has 1 unspecified atom stereocenters. The number of aromatic nitrogens is 2. The Balaban J connectivity index is 1.95. The SMILES string of the molecule is Cc1nccc(CNC(=O)N(C2CC2)C(C)C(C)C)n1. The number of carbonyl (C=O) groups is 1. The van der Waals surface area contributed by atoms with Crippen LogP contribution in [0.5, 0.6) is 0 Å². The summed E-state index contributed by atoms with van der Waals surface area (Å²) in [6.45, 7) is 8.73. The molecule has 0 radical (unpaired) electrons. The standard InChI is InChI=1S/C15H24N4O/c1-10(2)11(3)19(14-5-6-14)15(20)17-9-13-7-8-16-12(4)18-13/h7-8,10-11,14H,5-6,9H2,1-4H3,(H,17,20). The normalized spacial score (nSPS) is 16.1.